The molecule has 1 atom stereocenters. The van der Waals surface area contributed by atoms with Crippen LogP contribution in [-0.2, 0) is 0 Å². The van der Waals surface area contributed by atoms with E-state index in [1.807, 2.05) is 32.0 Å². The van der Waals surface area contributed by atoms with E-state index in [2.05, 4.69) is 0 Å². The molecule has 0 saturated carbocycles. The number of hydrogen-bond donors (Lipinski definition) is 2. The lowest BCUT2D eigenvalue weighted by molar-refractivity contribution is 0.114. The molecule has 3 heteroatoms. The molecule has 1 unspecified atom stereocenters. The second-order valence-corrected chi connectivity index (χ2v) is 3.45. The summed E-state index contributed by atoms with van der Waals surface area (Å²) in [4.78, 5) is 0. The molecule has 3 N–H and O–H groups in total. The molecular formula is C11H17NO2. The first kappa shape index (κ1) is 11.0. The van der Waals surface area contributed by atoms with Gasteiger partial charge in [-0.15, -0.1) is 0 Å². The van der Waals surface area contributed by atoms with E-state index in [1.165, 1.54) is 11.1 Å². The Morgan fingerprint density at radius 3 is 2.64 bits per heavy atom. The number of aliphatic hydroxyl groups excluding tert-OH is 1. The number of aliphatic hydroxyl groups is 1. The molecule has 0 spiro atoms. The van der Waals surface area contributed by atoms with Crippen molar-refractivity contribution in [3.8, 4) is 5.75 Å². The third-order valence-electron chi connectivity index (χ3n) is 2.19. The first-order chi connectivity index (χ1) is 6.63. The molecule has 0 aliphatic heterocycles. The Morgan fingerprint density at radius 2 is 2.07 bits per heavy atom. The Labute approximate surface area is 84.5 Å². The lowest BCUT2D eigenvalue weighted by Crippen LogP contribution is -2.26. The molecule has 0 fully saturated rings. The second kappa shape index (κ2) is 4.98. The van der Waals surface area contributed by atoms with E-state index < -0.39 is 6.10 Å². The number of rotatable bonds is 4. The van der Waals surface area contributed by atoms with Crippen LogP contribution in [0.2, 0.25) is 0 Å². The molecule has 0 aliphatic rings. The number of hydrogen-bond acceptors (Lipinski definition) is 3. The SMILES string of the molecule is Cc1ccc(OCC(O)CN)cc1C. The van der Waals surface area contributed by atoms with Crippen LogP contribution < -0.4 is 10.5 Å². The molecule has 0 bridgehead atoms. The molecule has 0 amide bonds. The van der Waals surface area contributed by atoms with Gasteiger partial charge in [0, 0.05) is 6.54 Å². The molecule has 14 heavy (non-hydrogen) atoms. The van der Waals surface area contributed by atoms with Gasteiger partial charge in [-0.3, -0.25) is 0 Å². The molecule has 0 aliphatic carbocycles. The maximum atomic E-state index is 9.19. The predicted molar refractivity (Wildman–Crippen MR) is 56.5 cm³/mol. The molecular weight excluding hydrogens is 178 g/mol. The van der Waals surface area contributed by atoms with Crippen molar-refractivity contribution < 1.29 is 9.84 Å². The normalized spacial score (nSPS) is 12.6. The summed E-state index contributed by atoms with van der Waals surface area (Å²) in [7, 11) is 0. The molecule has 3 nitrogen and oxygen atoms in total. The minimum Gasteiger partial charge on any atom is -0.491 e. The van der Waals surface area contributed by atoms with Crippen LogP contribution in [0.4, 0.5) is 0 Å². The van der Waals surface area contributed by atoms with Crippen molar-refractivity contribution in [2.24, 2.45) is 5.73 Å². The van der Waals surface area contributed by atoms with E-state index >= 15 is 0 Å². The van der Waals surface area contributed by atoms with E-state index in [4.69, 9.17) is 10.5 Å². The fourth-order valence-electron chi connectivity index (χ4n) is 1.06. The van der Waals surface area contributed by atoms with Gasteiger partial charge in [-0.2, -0.15) is 0 Å². The van der Waals surface area contributed by atoms with Crippen molar-refractivity contribution >= 4 is 0 Å². The maximum absolute atomic E-state index is 9.19. The van der Waals surface area contributed by atoms with E-state index in [-0.39, 0.29) is 13.2 Å². The number of aryl methyl sites for hydroxylation is 2. The highest BCUT2D eigenvalue weighted by Gasteiger charge is 2.02. The van der Waals surface area contributed by atoms with Gasteiger partial charge in [-0.05, 0) is 37.1 Å². The predicted octanol–water partition coefficient (Wildman–Crippen LogP) is 1.00. The Balaban J connectivity index is 2.55. The topological polar surface area (TPSA) is 55.5 Å². The summed E-state index contributed by atoms with van der Waals surface area (Å²) in [6.07, 6.45) is -0.586. The van der Waals surface area contributed by atoms with Gasteiger partial charge >= 0.3 is 0 Å². The Bertz CT molecular complexity index is 299. The van der Waals surface area contributed by atoms with Crippen LogP contribution in [0.5, 0.6) is 5.75 Å². The summed E-state index contributed by atoms with van der Waals surface area (Å²) >= 11 is 0. The largest absolute Gasteiger partial charge is 0.491 e. The zero-order valence-electron chi connectivity index (χ0n) is 8.66. The first-order valence-corrected chi connectivity index (χ1v) is 4.71. The summed E-state index contributed by atoms with van der Waals surface area (Å²) in [6.45, 7) is 4.55. The van der Waals surface area contributed by atoms with E-state index in [1.54, 1.807) is 0 Å². The monoisotopic (exact) mass is 195 g/mol. The van der Waals surface area contributed by atoms with Crippen molar-refractivity contribution in [1.29, 1.82) is 0 Å². The maximum Gasteiger partial charge on any atom is 0.119 e. The summed E-state index contributed by atoms with van der Waals surface area (Å²) in [5, 5.41) is 9.19. The van der Waals surface area contributed by atoms with Crippen LogP contribution in [0.1, 0.15) is 11.1 Å². The van der Waals surface area contributed by atoms with Crippen LogP contribution in [0.15, 0.2) is 18.2 Å². The van der Waals surface area contributed by atoms with Gasteiger partial charge in [0.2, 0.25) is 0 Å². The fourth-order valence-corrected chi connectivity index (χ4v) is 1.06. The van der Waals surface area contributed by atoms with Crippen LogP contribution in [0.25, 0.3) is 0 Å². The molecule has 0 radical (unpaired) electrons. The molecule has 1 aromatic rings. The highest BCUT2D eigenvalue weighted by Crippen LogP contribution is 2.16. The van der Waals surface area contributed by atoms with Crippen molar-refractivity contribution in [2.75, 3.05) is 13.2 Å². The Hall–Kier alpha value is -1.06. The molecule has 1 aromatic carbocycles. The Kier molecular flexibility index (Phi) is 3.92. The lowest BCUT2D eigenvalue weighted by Gasteiger charge is -2.11. The van der Waals surface area contributed by atoms with Crippen molar-refractivity contribution in [1.82, 2.24) is 0 Å². The summed E-state index contributed by atoms with van der Waals surface area (Å²) in [6, 6.07) is 5.85. The van der Waals surface area contributed by atoms with Gasteiger partial charge in [-0.1, -0.05) is 6.07 Å². The number of ether oxygens (including phenoxy) is 1. The summed E-state index contributed by atoms with van der Waals surface area (Å²) in [5.41, 5.74) is 7.68. The lowest BCUT2D eigenvalue weighted by atomic mass is 10.1. The molecule has 0 saturated heterocycles. The molecule has 1 rings (SSSR count). The standard InChI is InChI=1S/C11H17NO2/c1-8-3-4-11(5-9(8)2)14-7-10(13)6-12/h3-5,10,13H,6-7,12H2,1-2H3. The average molecular weight is 195 g/mol. The van der Waals surface area contributed by atoms with Crippen LogP contribution in [0, 0.1) is 13.8 Å². The highest BCUT2D eigenvalue weighted by atomic mass is 16.5. The fraction of sp³-hybridized carbons (Fsp3) is 0.455. The molecule has 0 aromatic heterocycles. The number of nitrogens with two attached hydrogens (primary N) is 1. The van der Waals surface area contributed by atoms with Crippen LogP contribution >= 0.6 is 0 Å². The van der Waals surface area contributed by atoms with E-state index in [9.17, 15) is 5.11 Å². The van der Waals surface area contributed by atoms with E-state index in [0.717, 1.165) is 5.75 Å². The van der Waals surface area contributed by atoms with Crippen molar-refractivity contribution in [3.05, 3.63) is 29.3 Å². The highest BCUT2D eigenvalue weighted by molar-refractivity contribution is 5.33. The van der Waals surface area contributed by atoms with E-state index in [0.29, 0.717) is 0 Å². The third kappa shape index (κ3) is 3.01. The summed E-state index contributed by atoms with van der Waals surface area (Å²) < 4.78 is 5.36. The average Bonchev–Trinajstić information content (AvgIpc) is 2.19. The van der Waals surface area contributed by atoms with Crippen molar-refractivity contribution in [3.63, 3.8) is 0 Å². The van der Waals surface area contributed by atoms with Crippen molar-refractivity contribution in [2.45, 2.75) is 20.0 Å². The molecule has 0 heterocycles. The second-order valence-electron chi connectivity index (χ2n) is 3.45. The minimum atomic E-state index is -0.586. The van der Waals surface area contributed by atoms with Gasteiger partial charge in [0.1, 0.15) is 18.5 Å². The van der Waals surface area contributed by atoms with Gasteiger partial charge in [0.15, 0.2) is 0 Å². The minimum absolute atomic E-state index is 0.227. The number of benzene rings is 1. The first-order valence-electron chi connectivity index (χ1n) is 4.71. The van der Waals surface area contributed by atoms with Gasteiger partial charge < -0.3 is 15.6 Å². The zero-order chi connectivity index (χ0) is 10.6. The smallest absolute Gasteiger partial charge is 0.119 e. The quantitative estimate of drug-likeness (QED) is 0.753. The van der Waals surface area contributed by atoms with Gasteiger partial charge in [0.05, 0.1) is 0 Å². The van der Waals surface area contributed by atoms with Gasteiger partial charge in [0.25, 0.3) is 0 Å². The summed E-state index contributed by atoms with van der Waals surface area (Å²) in [5.74, 6) is 0.778. The Morgan fingerprint density at radius 1 is 1.36 bits per heavy atom. The van der Waals surface area contributed by atoms with Crippen LogP contribution in [0.3, 0.4) is 0 Å². The third-order valence-corrected chi connectivity index (χ3v) is 2.19. The zero-order valence-corrected chi connectivity index (χ0v) is 8.66. The van der Waals surface area contributed by atoms with Gasteiger partial charge in [-0.25, -0.2) is 0 Å². The van der Waals surface area contributed by atoms with Crippen LogP contribution in [-0.4, -0.2) is 24.4 Å². The molecule has 78 valence electrons.